The average Bonchev–Trinajstić information content (AvgIpc) is 2.99. The van der Waals surface area contributed by atoms with E-state index in [4.69, 9.17) is 23.7 Å². The molecule has 0 spiro atoms. The summed E-state index contributed by atoms with van der Waals surface area (Å²) >= 11 is 0. The van der Waals surface area contributed by atoms with E-state index in [1.54, 1.807) is 20.8 Å². The summed E-state index contributed by atoms with van der Waals surface area (Å²) in [7, 11) is 6.11. The topological polar surface area (TPSA) is 107 Å². The molecule has 0 radical (unpaired) electrons. The molecule has 45 heavy (non-hydrogen) atoms. The Morgan fingerprint density at radius 2 is 1.73 bits per heavy atom. The van der Waals surface area contributed by atoms with Crippen LogP contribution < -0.4 is 0 Å². The number of carbonyl (C=O) groups is 2. The van der Waals surface area contributed by atoms with Crippen LogP contribution in [0.15, 0.2) is 12.2 Å². The Hall–Kier alpha value is -1.40. The number of esters is 1. The monoisotopic (exact) mass is 644 g/mol. The van der Waals surface area contributed by atoms with Gasteiger partial charge in [0.25, 0.3) is 0 Å². The van der Waals surface area contributed by atoms with Crippen molar-refractivity contribution in [1.29, 1.82) is 0 Å². The van der Waals surface area contributed by atoms with Gasteiger partial charge in [-0.2, -0.15) is 0 Å². The van der Waals surface area contributed by atoms with Crippen LogP contribution in [-0.4, -0.2) is 123 Å². The van der Waals surface area contributed by atoms with Crippen LogP contribution in [0.25, 0.3) is 0 Å². The van der Waals surface area contributed by atoms with Crippen LogP contribution in [-0.2, 0) is 33.3 Å². The molecule has 1 N–H and O–H groups in total. The third-order valence-corrected chi connectivity index (χ3v) is 7.86. The molecule has 0 amide bonds. The predicted molar refractivity (Wildman–Crippen MR) is 180 cm³/mol. The Morgan fingerprint density at radius 3 is 2.29 bits per heavy atom. The summed E-state index contributed by atoms with van der Waals surface area (Å²) in [5.41, 5.74) is -1.35. The number of likely N-dealkylation sites (N-methyl/N-ethyl adjacent to an activating group) is 1. The second-order valence-electron chi connectivity index (χ2n) is 13.5. The molecule has 2 fully saturated rings. The number of hydrogen-bond acceptors (Lipinski definition) is 10. The van der Waals surface area contributed by atoms with Gasteiger partial charge >= 0.3 is 5.97 Å². The second kappa shape index (κ2) is 20.8. The molecule has 2 saturated heterocycles. The van der Waals surface area contributed by atoms with Gasteiger partial charge < -0.3 is 38.6 Å². The van der Waals surface area contributed by atoms with Crippen molar-refractivity contribution < 1.29 is 38.4 Å². The van der Waals surface area contributed by atoms with Crippen molar-refractivity contribution in [2.75, 3.05) is 60.7 Å². The molecular weight excluding hydrogens is 576 g/mol. The van der Waals surface area contributed by atoms with Crippen LogP contribution in [0.5, 0.6) is 0 Å². The lowest BCUT2D eigenvalue weighted by Gasteiger charge is -2.46. The summed E-state index contributed by atoms with van der Waals surface area (Å²) < 4.78 is 30.7. The molecule has 266 valence electrons. The molecular formula is C35H68N2O8. The van der Waals surface area contributed by atoms with Crippen molar-refractivity contribution >= 4 is 11.8 Å². The van der Waals surface area contributed by atoms with Crippen molar-refractivity contribution in [2.45, 2.75) is 125 Å². The van der Waals surface area contributed by atoms with Crippen molar-refractivity contribution in [3.63, 3.8) is 0 Å². The molecule has 0 aromatic rings. The van der Waals surface area contributed by atoms with E-state index < -0.39 is 41.4 Å². The van der Waals surface area contributed by atoms with Crippen LogP contribution in [0.1, 0.15) is 89.0 Å². The van der Waals surface area contributed by atoms with Gasteiger partial charge in [0.15, 0.2) is 12.1 Å². The largest absolute Gasteiger partial charge is 0.462 e. The van der Waals surface area contributed by atoms with Crippen molar-refractivity contribution in [3.05, 3.63) is 12.2 Å². The quantitative estimate of drug-likeness (QED) is 0.199. The smallest absolute Gasteiger partial charge is 0.316 e. The molecule has 2 aliphatic heterocycles. The highest BCUT2D eigenvalue weighted by Gasteiger charge is 2.47. The molecule has 5 unspecified atom stereocenters. The van der Waals surface area contributed by atoms with Crippen molar-refractivity contribution in [1.82, 2.24) is 9.80 Å². The SMILES string of the molecule is C=C1COCC(C)CN(C)C[C@](C)([C@H](OC2CC(N(C)C)CC(C)O2)[C@@H](C)C(=O)C(C)C(=O)OCC(C)(C)O)OC1.CC.CC. The van der Waals surface area contributed by atoms with E-state index in [0.29, 0.717) is 26.2 Å². The Bertz CT molecular complexity index is 876. The lowest BCUT2D eigenvalue weighted by molar-refractivity contribution is -0.264. The maximum atomic E-state index is 13.8. The summed E-state index contributed by atoms with van der Waals surface area (Å²) in [4.78, 5) is 31.0. The number of nitrogens with zero attached hydrogens (tertiary/aromatic N) is 2. The number of Topliss-reactive ketones (excluding diaryl/α,β-unsaturated/α-hetero) is 1. The molecule has 0 bridgehead atoms. The van der Waals surface area contributed by atoms with Gasteiger partial charge in [0.2, 0.25) is 0 Å². The number of ketones is 1. The zero-order chi connectivity index (χ0) is 35.1. The number of carbonyl (C=O) groups excluding carboxylic acids is 2. The van der Waals surface area contributed by atoms with Crippen molar-refractivity contribution in [3.8, 4) is 0 Å². The number of hydrogen-bond donors (Lipinski definition) is 1. The van der Waals surface area contributed by atoms with E-state index in [1.165, 1.54) is 6.92 Å². The van der Waals surface area contributed by atoms with E-state index in [1.807, 2.05) is 62.7 Å². The first-order valence-electron chi connectivity index (χ1n) is 16.9. The highest BCUT2D eigenvalue weighted by molar-refractivity contribution is 5.99. The van der Waals surface area contributed by atoms with Gasteiger partial charge in [-0.15, -0.1) is 0 Å². The molecule has 10 heteroatoms. The lowest BCUT2D eigenvalue weighted by atomic mass is 9.82. The van der Waals surface area contributed by atoms with Gasteiger partial charge in [0, 0.05) is 31.5 Å². The molecule has 2 heterocycles. The van der Waals surface area contributed by atoms with E-state index in [2.05, 4.69) is 23.3 Å². The van der Waals surface area contributed by atoms with Crippen LogP contribution in [0.4, 0.5) is 0 Å². The molecule has 2 rings (SSSR count). The Kier molecular flexibility index (Phi) is 20.1. The summed E-state index contributed by atoms with van der Waals surface area (Å²) in [6.07, 6.45) is 0.194. The molecule has 0 aliphatic carbocycles. The van der Waals surface area contributed by atoms with Crippen LogP contribution in [0.2, 0.25) is 0 Å². The predicted octanol–water partition coefficient (Wildman–Crippen LogP) is 4.96. The fraction of sp³-hybridized carbons (Fsp3) is 0.886. The summed E-state index contributed by atoms with van der Waals surface area (Å²) in [5.74, 6) is -2.50. The third-order valence-electron chi connectivity index (χ3n) is 7.86. The molecule has 2 aliphatic rings. The van der Waals surface area contributed by atoms with Gasteiger partial charge in [0.1, 0.15) is 24.2 Å². The number of aliphatic hydroxyl groups is 1. The minimum absolute atomic E-state index is 0.0229. The van der Waals surface area contributed by atoms with Crippen LogP contribution in [0.3, 0.4) is 0 Å². The van der Waals surface area contributed by atoms with Gasteiger partial charge in [-0.05, 0) is 73.7 Å². The summed E-state index contributed by atoms with van der Waals surface area (Å²) in [6, 6.07) is 0.257. The van der Waals surface area contributed by atoms with Crippen molar-refractivity contribution in [2.24, 2.45) is 17.8 Å². The zero-order valence-electron chi connectivity index (χ0n) is 31.1. The van der Waals surface area contributed by atoms with E-state index in [-0.39, 0.29) is 37.1 Å². The van der Waals surface area contributed by atoms with E-state index in [9.17, 15) is 14.7 Å². The summed E-state index contributed by atoms with van der Waals surface area (Å²) in [5, 5.41) is 9.99. The van der Waals surface area contributed by atoms with Gasteiger partial charge in [-0.1, -0.05) is 48.1 Å². The third kappa shape index (κ3) is 15.4. The molecule has 0 saturated carbocycles. The first-order valence-corrected chi connectivity index (χ1v) is 16.9. The van der Waals surface area contributed by atoms with Crippen LogP contribution in [0, 0.1) is 17.8 Å². The number of rotatable bonds is 10. The average molecular weight is 645 g/mol. The first-order chi connectivity index (χ1) is 20.9. The Balaban J connectivity index is 0.00000464. The fourth-order valence-corrected chi connectivity index (χ4v) is 5.68. The highest BCUT2D eigenvalue weighted by atomic mass is 16.7. The Morgan fingerprint density at radius 1 is 1.13 bits per heavy atom. The summed E-state index contributed by atoms with van der Waals surface area (Å²) in [6.45, 7) is 26.9. The fourth-order valence-electron chi connectivity index (χ4n) is 5.68. The molecule has 8 atom stereocenters. The molecule has 10 nitrogen and oxygen atoms in total. The maximum absolute atomic E-state index is 13.8. The molecule has 0 aromatic heterocycles. The van der Waals surface area contributed by atoms with E-state index in [0.717, 1.165) is 18.5 Å². The standard InChI is InChI=1S/C31H56N2O8.2C2H6/c1-20-14-33(11)18-31(8,39-17-21(2)16-37-15-20)28(41-26-13-25(32(9)10)12-22(3)40-26)23(4)27(34)24(5)29(35)38-19-30(6,7)36;2*1-2/h20,22-26,28,36H,2,12-19H2,1,3-11H3;2*1-2H3/t20?,22?,23-,24?,25?,26?,28+,31+;;/m0../s1. The first kappa shape index (κ1) is 43.6. The highest BCUT2D eigenvalue weighted by Crippen LogP contribution is 2.34. The normalized spacial score (nSPS) is 29.1. The van der Waals surface area contributed by atoms with Gasteiger partial charge in [-0.25, -0.2) is 0 Å². The molecule has 0 aromatic carbocycles. The lowest BCUT2D eigenvalue weighted by Crippen LogP contribution is -2.58. The van der Waals surface area contributed by atoms with Gasteiger partial charge in [-0.3, -0.25) is 9.59 Å². The maximum Gasteiger partial charge on any atom is 0.316 e. The Labute approximate surface area is 275 Å². The van der Waals surface area contributed by atoms with Crippen LogP contribution >= 0.6 is 0 Å². The number of ether oxygens (including phenoxy) is 5. The minimum atomic E-state index is -1.20. The van der Waals surface area contributed by atoms with Gasteiger partial charge in [0.05, 0.1) is 31.5 Å². The second-order valence-corrected chi connectivity index (χ2v) is 13.5. The minimum Gasteiger partial charge on any atom is -0.462 e. The zero-order valence-corrected chi connectivity index (χ0v) is 31.1. The van der Waals surface area contributed by atoms with E-state index >= 15 is 0 Å².